The molecule has 2 aromatic carbocycles. The molecule has 7 heterocycles. The predicted molar refractivity (Wildman–Crippen MR) is 264 cm³/mol. The number of alkyl halides is 1. The van der Waals surface area contributed by atoms with E-state index in [9.17, 15) is 9.18 Å². The molecule has 2 aromatic heterocycles. The van der Waals surface area contributed by atoms with Crippen molar-refractivity contribution in [1.29, 1.82) is 0 Å². The number of amides is 1. The van der Waals surface area contributed by atoms with Crippen molar-refractivity contribution in [3.05, 3.63) is 35.6 Å². The van der Waals surface area contributed by atoms with Gasteiger partial charge in [0.25, 0.3) is 0 Å². The highest BCUT2D eigenvalue weighted by Crippen LogP contribution is 2.46. The van der Waals surface area contributed by atoms with E-state index in [-0.39, 0.29) is 55.2 Å². The minimum atomic E-state index is -2.30. The average molecular weight is 972 g/mol. The Morgan fingerprint density at radius 1 is 0.957 bits per heavy atom. The number of hydrogen-bond acceptors (Lipinski definition) is 12. The van der Waals surface area contributed by atoms with Crippen molar-refractivity contribution in [1.82, 2.24) is 29.3 Å². The number of anilines is 1. The molecule has 5 saturated heterocycles. The number of benzene rings is 2. The van der Waals surface area contributed by atoms with Gasteiger partial charge in [-0.3, -0.25) is 14.4 Å². The van der Waals surface area contributed by atoms with E-state index in [1.54, 1.807) is 19.2 Å². The molecule has 0 aliphatic carbocycles. The molecule has 3 unspecified atom stereocenters. The summed E-state index contributed by atoms with van der Waals surface area (Å²) in [5, 5.41) is 1.18. The molecular formula is C52H71F2N7O7Si. The zero-order valence-corrected chi connectivity index (χ0v) is 43.2. The van der Waals surface area contributed by atoms with Crippen molar-refractivity contribution in [3.8, 4) is 35.0 Å². The molecule has 5 fully saturated rings. The van der Waals surface area contributed by atoms with Crippen LogP contribution in [0.25, 0.3) is 21.9 Å². The summed E-state index contributed by atoms with van der Waals surface area (Å²) in [6.45, 7) is 22.5. The van der Waals surface area contributed by atoms with E-state index in [1.807, 2.05) is 36.3 Å². The van der Waals surface area contributed by atoms with Crippen LogP contribution in [-0.4, -0.2) is 133 Å². The Morgan fingerprint density at radius 3 is 2.36 bits per heavy atom. The summed E-state index contributed by atoms with van der Waals surface area (Å²) in [5.41, 5.74) is 4.91. The molecule has 69 heavy (non-hydrogen) atoms. The lowest BCUT2D eigenvalue weighted by atomic mass is 9.95. The number of methoxy groups -OCH3 is 1. The molecule has 0 spiro atoms. The Morgan fingerprint density at radius 2 is 1.70 bits per heavy atom. The summed E-state index contributed by atoms with van der Waals surface area (Å²) < 4.78 is 70.6. The van der Waals surface area contributed by atoms with Gasteiger partial charge < -0.3 is 33.3 Å². The van der Waals surface area contributed by atoms with Gasteiger partial charge in [-0.05, 0) is 100.0 Å². The van der Waals surface area contributed by atoms with Crippen LogP contribution in [0.4, 0.5) is 19.4 Å². The summed E-state index contributed by atoms with van der Waals surface area (Å²) in [6.07, 6.45) is 4.16. The number of carbonyl (C=O) groups is 1. The van der Waals surface area contributed by atoms with E-state index in [0.29, 0.717) is 95.1 Å². The maximum Gasteiger partial charge on any atom is 0.410 e. The van der Waals surface area contributed by atoms with Crippen molar-refractivity contribution >= 4 is 41.9 Å². The number of carbonyl (C=O) groups excluding carboxylic acids is 1. The number of aromatic nitrogens is 4. The van der Waals surface area contributed by atoms with Crippen LogP contribution in [0.15, 0.2) is 24.3 Å². The van der Waals surface area contributed by atoms with Crippen molar-refractivity contribution in [2.24, 2.45) is 0 Å². The van der Waals surface area contributed by atoms with E-state index in [0.717, 1.165) is 45.1 Å². The summed E-state index contributed by atoms with van der Waals surface area (Å²) in [6, 6.07) is 6.63. The quantitative estimate of drug-likeness (QED) is 0.0719. The summed E-state index contributed by atoms with van der Waals surface area (Å²) in [4.78, 5) is 35.4. The van der Waals surface area contributed by atoms with Crippen molar-refractivity contribution in [3.63, 3.8) is 0 Å². The Kier molecular flexibility index (Phi) is 13.9. The summed E-state index contributed by atoms with van der Waals surface area (Å²) in [5.74, 6) is 4.33. The van der Waals surface area contributed by atoms with Gasteiger partial charge in [0.2, 0.25) is 0 Å². The number of halogens is 2. The second-order valence-electron chi connectivity index (χ2n) is 21.9. The third kappa shape index (κ3) is 9.47. The van der Waals surface area contributed by atoms with E-state index in [1.165, 1.54) is 6.07 Å². The van der Waals surface area contributed by atoms with Gasteiger partial charge in [-0.2, -0.15) is 15.0 Å². The molecule has 5 aliphatic heterocycles. The molecule has 4 aromatic rings. The number of nitrogens with zero attached hydrogens (tertiary/aromatic N) is 7. The molecule has 9 rings (SSSR count). The lowest BCUT2D eigenvalue weighted by molar-refractivity contribution is 0.0122. The van der Waals surface area contributed by atoms with Gasteiger partial charge in [-0.1, -0.05) is 53.5 Å². The molecule has 374 valence electrons. The van der Waals surface area contributed by atoms with Crippen LogP contribution in [0.2, 0.25) is 16.6 Å². The number of ether oxygens (including phenoxy) is 6. The van der Waals surface area contributed by atoms with Crippen LogP contribution in [-0.2, 0) is 14.2 Å². The Hall–Kier alpha value is -4.76. The molecule has 14 nitrogen and oxygen atoms in total. The molecule has 5 atom stereocenters. The minimum Gasteiger partial charge on any atom is -0.467 e. The summed E-state index contributed by atoms with van der Waals surface area (Å²) in [7, 11) is -0.744. The van der Waals surface area contributed by atoms with Crippen molar-refractivity contribution in [2.75, 3.05) is 64.8 Å². The molecule has 0 radical (unpaired) electrons. The van der Waals surface area contributed by atoms with Crippen LogP contribution in [0.1, 0.15) is 119 Å². The van der Waals surface area contributed by atoms with Crippen LogP contribution in [0, 0.1) is 17.3 Å². The van der Waals surface area contributed by atoms with Gasteiger partial charge in [0.1, 0.15) is 49.3 Å². The highest BCUT2D eigenvalue weighted by molar-refractivity contribution is 6.90. The average Bonchev–Trinajstić information content (AvgIpc) is 4.02. The molecule has 17 heteroatoms. The van der Waals surface area contributed by atoms with Crippen LogP contribution >= 0.6 is 0 Å². The lowest BCUT2D eigenvalue weighted by Crippen LogP contribution is -2.57. The molecule has 5 aliphatic rings. The smallest absolute Gasteiger partial charge is 0.410 e. The summed E-state index contributed by atoms with van der Waals surface area (Å²) >= 11 is 0. The lowest BCUT2D eigenvalue weighted by Gasteiger charge is -2.42. The first-order chi connectivity index (χ1) is 32.9. The van der Waals surface area contributed by atoms with Gasteiger partial charge in [0.05, 0.1) is 35.8 Å². The SMILES string of the molecule is COCOc1cc(Oc2nc3nc(OC[C@@]45CCCN4C[C@H](F)C5)nc(N4CC5CCC(C4)N5C(=O)OC(C)(C)C)c3n2C2CCCOC2)c2c(C#C[Si](C(C)C)(C(C)C)C(C)C)c(F)ccc2c1. The van der Waals surface area contributed by atoms with E-state index in [2.05, 4.69) is 62.8 Å². The van der Waals surface area contributed by atoms with Crippen molar-refractivity contribution in [2.45, 2.75) is 159 Å². The molecular weight excluding hydrogens is 901 g/mol. The zero-order valence-electron chi connectivity index (χ0n) is 42.2. The number of piperazine rings is 1. The van der Waals surface area contributed by atoms with Gasteiger partial charge in [-0.25, -0.2) is 13.6 Å². The van der Waals surface area contributed by atoms with Gasteiger partial charge in [0.15, 0.2) is 18.3 Å². The number of hydrogen-bond donors (Lipinski definition) is 0. The number of rotatable bonds is 13. The largest absolute Gasteiger partial charge is 0.467 e. The number of imidazole rings is 1. The van der Waals surface area contributed by atoms with E-state index < -0.39 is 31.2 Å². The Labute approximate surface area is 406 Å². The zero-order chi connectivity index (χ0) is 49.0. The monoisotopic (exact) mass is 972 g/mol. The highest BCUT2D eigenvalue weighted by atomic mass is 28.3. The van der Waals surface area contributed by atoms with Gasteiger partial charge >= 0.3 is 18.1 Å². The fourth-order valence-corrected chi connectivity index (χ4v) is 17.6. The Balaban J connectivity index is 1.21. The third-order valence-corrected chi connectivity index (χ3v) is 21.7. The van der Waals surface area contributed by atoms with Gasteiger partial charge in [-0.15, -0.1) is 5.54 Å². The van der Waals surface area contributed by atoms with Crippen LogP contribution in [0.3, 0.4) is 0 Å². The second-order valence-corrected chi connectivity index (χ2v) is 27.5. The molecule has 1 amide bonds. The molecule has 0 N–H and O–H groups in total. The third-order valence-electron chi connectivity index (χ3n) is 15.4. The maximum absolute atomic E-state index is 16.5. The fourth-order valence-electron chi connectivity index (χ4n) is 12.4. The van der Waals surface area contributed by atoms with Gasteiger partial charge in [0, 0.05) is 51.2 Å². The Bertz CT molecular complexity index is 2570. The highest BCUT2D eigenvalue weighted by Gasteiger charge is 2.50. The standard InChI is InChI=1S/C52H71F2N7O7Si/c1-32(2)69(33(3)4,34(5)6)22-18-41-42(54)17-14-35-23-40(66-31-63-10)24-43(44(35)41)67-49-56-46-45(61(49)39-13-11-21-64-29-39)47(57-48(55-46)65-30-52-19-12-20-59(52)26-36(53)25-52)58-27-37-15-16-38(28-58)60(37)50(62)68-51(7,8)9/h14,17,23-24,32-34,36-39H,11-13,15-16,19-21,25-31H2,1-10H3/t36-,37?,38?,39?,52+/m1/s1. The first-order valence-corrected chi connectivity index (χ1v) is 27.4. The fraction of sp³-hybridized carbons (Fsp3) is 0.654. The molecule has 0 saturated carbocycles. The second kappa shape index (κ2) is 19.4. The normalized spacial score (nSPS) is 24.2. The predicted octanol–water partition coefficient (Wildman–Crippen LogP) is 10.4. The van der Waals surface area contributed by atoms with E-state index >= 15 is 4.39 Å². The first kappa shape index (κ1) is 49.2. The van der Waals surface area contributed by atoms with Crippen LogP contribution < -0.4 is 19.1 Å². The maximum atomic E-state index is 16.5. The van der Waals surface area contributed by atoms with Crippen LogP contribution in [0.5, 0.6) is 23.5 Å². The number of fused-ring (bicyclic) bond motifs is 5. The topological polar surface area (TPSA) is 126 Å². The van der Waals surface area contributed by atoms with E-state index in [4.69, 9.17) is 43.4 Å². The first-order valence-electron chi connectivity index (χ1n) is 25.2. The van der Waals surface area contributed by atoms with Crippen molar-refractivity contribution < 1.29 is 42.0 Å². The minimum absolute atomic E-state index is 0.0159. The molecule has 2 bridgehead atoms.